The second-order valence-electron chi connectivity index (χ2n) is 3.74. The fourth-order valence-corrected chi connectivity index (χ4v) is 1.99. The summed E-state index contributed by atoms with van der Waals surface area (Å²) in [6, 6.07) is 5.96. The fourth-order valence-electron chi connectivity index (χ4n) is 1.99. The lowest BCUT2D eigenvalue weighted by molar-refractivity contribution is -0.103. The molecule has 0 saturated carbocycles. The molecular formula is C13H14O2. The van der Waals surface area contributed by atoms with E-state index in [2.05, 4.69) is 0 Å². The molecule has 0 atom stereocenters. The first-order valence-electron chi connectivity index (χ1n) is 5.17. The van der Waals surface area contributed by atoms with Crippen molar-refractivity contribution in [3.63, 3.8) is 0 Å². The first-order chi connectivity index (χ1) is 7.26. The van der Waals surface area contributed by atoms with Crippen LogP contribution in [0.4, 0.5) is 0 Å². The van der Waals surface area contributed by atoms with Crippen molar-refractivity contribution in [1.82, 2.24) is 0 Å². The Morgan fingerprint density at radius 1 is 1.47 bits per heavy atom. The Labute approximate surface area is 89.6 Å². The summed E-state index contributed by atoms with van der Waals surface area (Å²) in [5.41, 5.74) is 4.23. The number of benzene rings is 1. The number of carbonyl (C=O) groups excluding carboxylic acids is 1. The van der Waals surface area contributed by atoms with E-state index in [1.165, 1.54) is 5.56 Å². The van der Waals surface area contributed by atoms with Gasteiger partial charge in [-0.3, -0.25) is 4.79 Å². The summed E-state index contributed by atoms with van der Waals surface area (Å²) in [5.74, 6) is 0.838. The van der Waals surface area contributed by atoms with Crippen LogP contribution in [-0.4, -0.2) is 12.9 Å². The highest BCUT2D eigenvalue weighted by molar-refractivity contribution is 6.10. The van der Waals surface area contributed by atoms with Crippen LogP contribution in [-0.2, 0) is 11.2 Å². The Balaban J connectivity index is 2.44. The van der Waals surface area contributed by atoms with Crippen LogP contribution < -0.4 is 4.74 Å². The van der Waals surface area contributed by atoms with Gasteiger partial charge in [0.15, 0.2) is 6.29 Å². The zero-order valence-corrected chi connectivity index (χ0v) is 9.04. The third-order valence-corrected chi connectivity index (χ3v) is 2.72. The molecule has 0 unspecified atom stereocenters. The van der Waals surface area contributed by atoms with E-state index < -0.39 is 0 Å². The van der Waals surface area contributed by atoms with Gasteiger partial charge >= 0.3 is 0 Å². The van der Waals surface area contributed by atoms with Crippen molar-refractivity contribution >= 4 is 11.9 Å². The number of rotatable bonds is 3. The van der Waals surface area contributed by atoms with Gasteiger partial charge in [-0.25, -0.2) is 0 Å². The van der Waals surface area contributed by atoms with Crippen molar-refractivity contribution < 1.29 is 9.53 Å². The molecule has 1 aliphatic rings. The topological polar surface area (TPSA) is 26.3 Å². The van der Waals surface area contributed by atoms with Crippen LogP contribution in [0.25, 0.3) is 5.57 Å². The van der Waals surface area contributed by atoms with Gasteiger partial charge in [-0.1, -0.05) is 11.6 Å². The van der Waals surface area contributed by atoms with Crippen LogP contribution in [0.1, 0.15) is 25.0 Å². The van der Waals surface area contributed by atoms with E-state index in [-0.39, 0.29) is 0 Å². The monoisotopic (exact) mass is 202 g/mol. The predicted octanol–water partition coefficient (Wildman–Crippen LogP) is 2.61. The number of aldehydes is 1. The molecule has 2 nitrogen and oxygen atoms in total. The molecule has 0 spiro atoms. The standard InChI is InChI=1S/C13H14O2/c1-3-15-11-5-4-10-6-9(2)13(8-14)12(10)7-11/h4-5,7-8H,3,6H2,1-2H3. The summed E-state index contributed by atoms with van der Waals surface area (Å²) >= 11 is 0. The maximum Gasteiger partial charge on any atom is 0.150 e. The molecule has 0 saturated heterocycles. The normalized spacial score (nSPS) is 14.0. The van der Waals surface area contributed by atoms with Gasteiger partial charge in [-0.05, 0) is 43.5 Å². The fraction of sp³-hybridized carbons (Fsp3) is 0.308. The molecule has 0 radical (unpaired) electrons. The maximum atomic E-state index is 11.0. The van der Waals surface area contributed by atoms with E-state index in [1.54, 1.807) is 0 Å². The highest BCUT2D eigenvalue weighted by atomic mass is 16.5. The van der Waals surface area contributed by atoms with Gasteiger partial charge in [0, 0.05) is 5.57 Å². The van der Waals surface area contributed by atoms with Gasteiger partial charge in [0.2, 0.25) is 0 Å². The Morgan fingerprint density at radius 2 is 2.27 bits per heavy atom. The predicted molar refractivity (Wildman–Crippen MR) is 60.0 cm³/mol. The average molecular weight is 202 g/mol. The molecule has 1 aliphatic carbocycles. The maximum absolute atomic E-state index is 11.0. The van der Waals surface area contributed by atoms with Crippen molar-refractivity contribution in [1.29, 1.82) is 0 Å². The smallest absolute Gasteiger partial charge is 0.150 e. The lowest BCUT2D eigenvalue weighted by Crippen LogP contribution is -1.93. The Kier molecular flexibility index (Phi) is 2.58. The van der Waals surface area contributed by atoms with Crippen molar-refractivity contribution in [2.75, 3.05) is 6.61 Å². The number of hydrogen-bond donors (Lipinski definition) is 0. The molecular weight excluding hydrogens is 188 g/mol. The van der Waals surface area contributed by atoms with Crippen LogP contribution in [0, 0.1) is 0 Å². The molecule has 1 aromatic rings. The minimum atomic E-state index is 0.651. The van der Waals surface area contributed by atoms with Crippen molar-refractivity contribution in [2.45, 2.75) is 20.3 Å². The van der Waals surface area contributed by atoms with E-state index >= 15 is 0 Å². The van der Waals surface area contributed by atoms with Gasteiger partial charge in [0.25, 0.3) is 0 Å². The van der Waals surface area contributed by atoms with Gasteiger partial charge in [-0.15, -0.1) is 0 Å². The number of ether oxygens (including phenoxy) is 1. The average Bonchev–Trinajstić information content (AvgIpc) is 2.53. The summed E-state index contributed by atoms with van der Waals surface area (Å²) in [6.07, 6.45) is 1.83. The molecule has 78 valence electrons. The second-order valence-corrected chi connectivity index (χ2v) is 3.74. The molecule has 0 bridgehead atoms. The minimum Gasteiger partial charge on any atom is -0.494 e. The molecule has 2 heteroatoms. The summed E-state index contributed by atoms with van der Waals surface area (Å²) in [7, 11) is 0. The van der Waals surface area contributed by atoms with Crippen molar-refractivity contribution in [3.8, 4) is 5.75 Å². The van der Waals surface area contributed by atoms with Gasteiger partial charge in [0.05, 0.1) is 6.61 Å². The molecule has 0 amide bonds. The number of carbonyl (C=O) groups is 1. The van der Waals surface area contributed by atoms with Gasteiger partial charge < -0.3 is 4.74 Å². The van der Waals surface area contributed by atoms with Crippen LogP contribution in [0.2, 0.25) is 0 Å². The number of hydrogen-bond acceptors (Lipinski definition) is 2. The molecule has 0 fully saturated rings. The van der Waals surface area contributed by atoms with Crippen LogP contribution in [0.3, 0.4) is 0 Å². The minimum absolute atomic E-state index is 0.651. The van der Waals surface area contributed by atoms with Gasteiger partial charge in [0.1, 0.15) is 5.75 Å². The Morgan fingerprint density at radius 3 is 2.93 bits per heavy atom. The lowest BCUT2D eigenvalue weighted by atomic mass is 10.1. The molecule has 0 aliphatic heterocycles. The zero-order chi connectivity index (χ0) is 10.8. The Bertz CT molecular complexity index is 430. The highest BCUT2D eigenvalue weighted by Gasteiger charge is 2.18. The third kappa shape index (κ3) is 1.67. The lowest BCUT2D eigenvalue weighted by Gasteiger charge is -2.06. The van der Waals surface area contributed by atoms with Crippen molar-refractivity contribution in [2.24, 2.45) is 0 Å². The first kappa shape index (κ1) is 9.97. The van der Waals surface area contributed by atoms with E-state index in [4.69, 9.17) is 4.74 Å². The number of fused-ring (bicyclic) bond motifs is 1. The zero-order valence-electron chi connectivity index (χ0n) is 9.04. The first-order valence-corrected chi connectivity index (χ1v) is 5.17. The third-order valence-electron chi connectivity index (χ3n) is 2.72. The van der Waals surface area contributed by atoms with Crippen LogP contribution in [0.15, 0.2) is 23.8 Å². The summed E-state index contributed by atoms with van der Waals surface area (Å²) in [5, 5.41) is 0. The van der Waals surface area contributed by atoms with E-state index in [9.17, 15) is 4.79 Å². The van der Waals surface area contributed by atoms with Crippen LogP contribution >= 0.6 is 0 Å². The van der Waals surface area contributed by atoms with Crippen molar-refractivity contribution in [3.05, 3.63) is 34.9 Å². The quantitative estimate of drug-likeness (QED) is 0.704. The summed E-state index contributed by atoms with van der Waals surface area (Å²) in [4.78, 5) is 11.0. The van der Waals surface area contributed by atoms with E-state index in [0.717, 1.165) is 35.2 Å². The van der Waals surface area contributed by atoms with Gasteiger partial charge in [-0.2, -0.15) is 0 Å². The molecule has 0 N–H and O–H groups in total. The molecule has 0 heterocycles. The van der Waals surface area contributed by atoms with Crippen LogP contribution in [0.5, 0.6) is 5.75 Å². The second kappa shape index (κ2) is 3.89. The molecule has 1 aromatic carbocycles. The summed E-state index contributed by atoms with van der Waals surface area (Å²) < 4.78 is 5.42. The largest absolute Gasteiger partial charge is 0.494 e. The van der Waals surface area contributed by atoms with E-state index in [0.29, 0.717) is 6.61 Å². The Hall–Kier alpha value is -1.57. The molecule has 2 rings (SSSR count). The SMILES string of the molecule is CCOc1ccc2c(c1)C(C=O)=C(C)C2. The highest BCUT2D eigenvalue weighted by Crippen LogP contribution is 2.33. The molecule has 0 aromatic heterocycles. The number of allylic oxidation sites excluding steroid dienone is 2. The van der Waals surface area contributed by atoms with E-state index in [1.807, 2.05) is 32.0 Å². The summed E-state index contributed by atoms with van der Waals surface area (Å²) in [6.45, 7) is 4.61. The molecule has 15 heavy (non-hydrogen) atoms.